The van der Waals surface area contributed by atoms with Crippen LogP contribution < -0.4 is 11.1 Å². The van der Waals surface area contributed by atoms with Crippen LogP contribution in [0.15, 0.2) is 24.3 Å². The van der Waals surface area contributed by atoms with Gasteiger partial charge < -0.3 is 11.1 Å². The van der Waals surface area contributed by atoms with Crippen LogP contribution in [0.3, 0.4) is 0 Å². The zero-order valence-electron chi connectivity index (χ0n) is 11.6. The molecule has 1 atom stereocenters. The molecule has 108 valence electrons. The Labute approximate surface area is 120 Å². The minimum Gasteiger partial charge on any atom is -0.355 e. The van der Waals surface area contributed by atoms with Crippen molar-refractivity contribution in [1.82, 2.24) is 5.32 Å². The Morgan fingerprint density at radius 2 is 2.00 bits per heavy atom. The van der Waals surface area contributed by atoms with Gasteiger partial charge >= 0.3 is 0 Å². The molecular formula is C14H22ClFN2O. The van der Waals surface area contributed by atoms with Crippen molar-refractivity contribution >= 4 is 18.3 Å². The minimum atomic E-state index is -0.449. The predicted molar refractivity (Wildman–Crippen MR) is 77.9 cm³/mol. The zero-order valence-corrected chi connectivity index (χ0v) is 12.4. The fourth-order valence-corrected chi connectivity index (χ4v) is 1.69. The smallest absolute Gasteiger partial charge is 0.224 e. The van der Waals surface area contributed by atoms with Crippen LogP contribution in [0.4, 0.5) is 4.39 Å². The van der Waals surface area contributed by atoms with Gasteiger partial charge in [-0.15, -0.1) is 12.4 Å². The lowest BCUT2D eigenvalue weighted by molar-refractivity contribution is -0.124. The average molecular weight is 289 g/mol. The SMILES string of the molecule is CC(CN)C(=O)NCC(C)(C)c1ccccc1F.Cl. The summed E-state index contributed by atoms with van der Waals surface area (Å²) in [6.07, 6.45) is 0. The van der Waals surface area contributed by atoms with Crippen LogP contribution in [-0.2, 0) is 10.2 Å². The molecule has 1 aromatic rings. The number of rotatable bonds is 5. The lowest BCUT2D eigenvalue weighted by atomic mass is 9.84. The minimum absolute atomic E-state index is 0. The molecule has 1 aromatic carbocycles. The van der Waals surface area contributed by atoms with Crippen molar-refractivity contribution in [2.75, 3.05) is 13.1 Å². The number of halogens is 2. The van der Waals surface area contributed by atoms with Crippen LogP contribution in [0.5, 0.6) is 0 Å². The van der Waals surface area contributed by atoms with Crippen LogP contribution in [-0.4, -0.2) is 19.0 Å². The van der Waals surface area contributed by atoms with Gasteiger partial charge in [-0.3, -0.25) is 4.79 Å². The van der Waals surface area contributed by atoms with E-state index in [4.69, 9.17) is 5.73 Å². The largest absolute Gasteiger partial charge is 0.355 e. The molecule has 0 aliphatic heterocycles. The van der Waals surface area contributed by atoms with E-state index in [1.165, 1.54) is 6.07 Å². The van der Waals surface area contributed by atoms with Gasteiger partial charge in [-0.1, -0.05) is 39.0 Å². The summed E-state index contributed by atoms with van der Waals surface area (Å²) in [4.78, 5) is 11.7. The molecule has 0 aromatic heterocycles. The maximum absolute atomic E-state index is 13.7. The van der Waals surface area contributed by atoms with E-state index < -0.39 is 5.41 Å². The quantitative estimate of drug-likeness (QED) is 0.873. The third kappa shape index (κ3) is 4.80. The predicted octanol–water partition coefficient (Wildman–Crippen LogP) is 2.24. The molecule has 1 amide bonds. The average Bonchev–Trinajstić information content (AvgIpc) is 2.35. The molecule has 3 N–H and O–H groups in total. The summed E-state index contributed by atoms with van der Waals surface area (Å²) < 4.78 is 13.7. The van der Waals surface area contributed by atoms with Crippen molar-refractivity contribution in [3.05, 3.63) is 35.6 Å². The number of amides is 1. The van der Waals surface area contributed by atoms with E-state index in [1.807, 2.05) is 13.8 Å². The third-order valence-corrected chi connectivity index (χ3v) is 3.11. The monoisotopic (exact) mass is 288 g/mol. The molecule has 3 nitrogen and oxygen atoms in total. The lowest BCUT2D eigenvalue weighted by Crippen LogP contribution is -2.41. The standard InChI is InChI=1S/C14H21FN2O.ClH/c1-10(8-16)13(18)17-9-14(2,3)11-6-4-5-7-12(11)15;/h4-7,10H,8-9,16H2,1-3H3,(H,17,18);1H. The number of hydrogen-bond donors (Lipinski definition) is 2. The molecule has 0 saturated carbocycles. The molecule has 0 radical (unpaired) electrons. The van der Waals surface area contributed by atoms with Gasteiger partial charge in [-0.05, 0) is 11.6 Å². The van der Waals surface area contributed by atoms with Crippen molar-refractivity contribution in [2.24, 2.45) is 11.7 Å². The number of carbonyl (C=O) groups is 1. The van der Waals surface area contributed by atoms with Gasteiger partial charge in [0.1, 0.15) is 5.82 Å². The molecule has 1 unspecified atom stereocenters. The summed E-state index contributed by atoms with van der Waals surface area (Å²) in [7, 11) is 0. The fourth-order valence-electron chi connectivity index (χ4n) is 1.69. The first-order chi connectivity index (χ1) is 8.38. The number of nitrogens with two attached hydrogens (primary N) is 1. The van der Waals surface area contributed by atoms with E-state index >= 15 is 0 Å². The third-order valence-electron chi connectivity index (χ3n) is 3.11. The highest BCUT2D eigenvalue weighted by molar-refractivity contribution is 5.85. The topological polar surface area (TPSA) is 55.1 Å². The summed E-state index contributed by atoms with van der Waals surface area (Å²) in [5.74, 6) is -0.563. The van der Waals surface area contributed by atoms with Gasteiger partial charge in [0.15, 0.2) is 0 Å². The Morgan fingerprint density at radius 1 is 1.42 bits per heavy atom. The van der Waals surface area contributed by atoms with Gasteiger partial charge in [0.25, 0.3) is 0 Å². The summed E-state index contributed by atoms with van der Waals surface area (Å²) in [5, 5.41) is 2.81. The van der Waals surface area contributed by atoms with E-state index in [2.05, 4.69) is 5.32 Å². The maximum atomic E-state index is 13.7. The summed E-state index contributed by atoms with van der Waals surface area (Å²) >= 11 is 0. The summed E-state index contributed by atoms with van der Waals surface area (Å²) in [5.41, 5.74) is 5.58. The second kappa shape index (κ2) is 7.46. The second-order valence-corrected chi connectivity index (χ2v) is 5.22. The molecule has 19 heavy (non-hydrogen) atoms. The zero-order chi connectivity index (χ0) is 13.8. The van der Waals surface area contributed by atoms with Gasteiger partial charge in [0.2, 0.25) is 5.91 Å². The Kier molecular flexibility index (Phi) is 7.01. The molecule has 5 heteroatoms. The second-order valence-electron chi connectivity index (χ2n) is 5.22. The highest BCUT2D eigenvalue weighted by Gasteiger charge is 2.25. The summed E-state index contributed by atoms with van der Waals surface area (Å²) in [6.45, 7) is 6.27. The van der Waals surface area contributed by atoms with Gasteiger partial charge in [-0.2, -0.15) is 0 Å². The van der Waals surface area contributed by atoms with Crippen molar-refractivity contribution in [2.45, 2.75) is 26.2 Å². The van der Waals surface area contributed by atoms with Crippen LogP contribution in [0.1, 0.15) is 26.3 Å². The molecule has 0 spiro atoms. The van der Waals surface area contributed by atoms with Gasteiger partial charge in [-0.25, -0.2) is 4.39 Å². The molecule has 0 heterocycles. The molecular weight excluding hydrogens is 267 g/mol. The molecule has 0 aliphatic rings. The van der Waals surface area contributed by atoms with Crippen LogP contribution >= 0.6 is 12.4 Å². The first-order valence-corrected chi connectivity index (χ1v) is 6.11. The maximum Gasteiger partial charge on any atom is 0.224 e. The van der Waals surface area contributed by atoms with Crippen LogP contribution in [0, 0.1) is 11.7 Å². The molecule has 1 rings (SSSR count). The van der Waals surface area contributed by atoms with Gasteiger partial charge in [0, 0.05) is 24.4 Å². The normalized spacial score (nSPS) is 12.5. The Hall–Kier alpha value is -1.13. The summed E-state index contributed by atoms with van der Waals surface area (Å²) in [6, 6.07) is 6.63. The van der Waals surface area contributed by atoms with Crippen molar-refractivity contribution in [1.29, 1.82) is 0 Å². The van der Waals surface area contributed by atoms with E-state index in [-0.39, 0.29) is 30.0 Å². The molecule has 0 aliphatic carbocycles. The highest BCUT2D eigenvalue weighted by Crippen LogP contribution is 2.24. The van der Waals surface area contributed by atoms with Crippen molar-refractivity contribution in [3.8, 4) is 0 Å². The number of hydrogen-bond acceptors (Lipinski definition) is 2. The Morgan fingerprint density at radius 3 is 2.53 bits per heavy atom. The van der Waals surface area contributed by atoms with E-state index in [1.54, 1.807) is 25.1 Å². The number of nitrogens with one attached hydrogen (secondary N) is 1. The van der Waals surface area contributed by atoms with Crippen LogP contribution in [0.2, 0.25) is 0 Å². The fraction of sp³-hybridized carbons (Fsp3) is 0.500. The Balaban J connectivity index is 0.00000324. The lowest BCUT2D eigenvalue weighted by Gasteiger charge is -2.26. The van der Waals surface area contributed by atoms with E-state index in [9.17, 15) is 9.18 Å². The molecule has 0 bridgehead atoms. The Bertz CT molecular complexity index is 424. The molecule has 0 saturated heterocycles. The van der Waals surface area contributed by atoms with Gasteiger partial charge in [0.05, 0.1) is 0 Å². The first-order valence-electron chi connectivity index (χ1n) is 6.11. The van der Waals surface area contributed by atoms with E-state index in [0.717, 1.165) is 0 Å². The molecule has 0 fully saturated rings. The first kappa shape index (κ1) is 17.9. The van der Waals surface area contributed by atoms with Crippen LogP contribution in [0.25, 0.3) is 0 Å². The van der Waals surface area contributed by atoms with E-state index in [0.29, 0.717) is 18.7 Å². The number of carbonyl (C=O) groups excluding carboxylic acids is 1. The highest BCUT2D eigenvalue weighted by atomic mass is 35.5. The van der Waals surface area contributed by atoms with Crippen molar-refractivity contribution < 1.29 is 9.18 Å². The number of benzene rings is 1. The van der Waals surface area contributed by atoms with Crippen molar-refractivity contribution in [3.63, 3.8) is 0 Å².